The number of rotatable bonds is 4. The number of likely N-dealkylation sites (tertiary alicyclic amines) is 1. The minimum atomic E-state index is -3.88. The van der Waals surface area contributed by atoms with Crippen LogP contribution in [0.5, 0.6) is 0 Å². The van der Waals surface area contributed by atoms with E-state index in [1.54, 1.807) is 17.0 Å². The zero-order chi connectivity index (χ0) is 17.9. The Hall–Kier alpha value is -1.91. The van der Waals surface area contributed by atoms with Crippen molar-refractivity contribution >= 4 is 15.9 Å². The van der Waals surface area contributed by atoms with E-state index >= 15 is 0 Å². The van der Waals surface area contributed by atoms with Crippen LogP contribution >= 0.6 is 0 Å². The van der Waals surface area contributed by atoms with Gasteiger partial charge in [0.05, 0.1) is 17.0 Å². The Morgan fingerprint density at radius 1 is 1.20 bits per heavy atom. The third-order valence-electron chi connectivity index (χ3n) is 5.35. The average Bonchev–Trinajstić information content (AvgIpc) is 2.65. The van der Waals surface area contributed by atoms with E-state index in [0.717, 1.165) is 25.3 Å². The van der Waals surface area contributed by atoms with Crippen molar-refractivity contribution in [3.8, 4) is 6.07 Å². The summed E-state index contributed by atoms with van der Waals surface area (Å²) in [4.78, 5) is 14.1. The summed E-state index contributed by atoms with van der Waals surface area (Å²) in [5.41, 5.74) is 0.0745. The molecule has 0 radical (unpaired) electrons. The summed E-state index contributed by atoms with van der Waals surface area (Å²) in [5, 5.41) is 9.06. The molecule has 134 valence electrons. The lowest BCUT2D eigenvalue weighted by atomic mass is 9.75. The minimum Gasteiger partial charge on any atom is -0.341 e. The second-order valence-electron chi connectivity index (χ2n) is 6.87. The number of piperidine rings is 1. The SMILES string of the molecule is N#Cc1ccccc1S(=O)(=O)NCC(=O)N1CC[C@H]2CCCC[C@H]2C1. The summed E-state index contributed by atoms with van der Waals surface area (Å²) < 4.78 is 27.1. The largest absolute Gasteiger partial charge is 0.341 e. The molecule has 1 amide bonds. The van der Waals surface area contributed by atoms with Crippen molar-refractivity contribution in [3.63, 3.8) is 0 Å². The number of carbonyl (C=O) groups excluding carboxylic acids is 1. The number of sulfonamides is 1. The number of amides is 1. The monoisotopic (exact) mass is 361 g/mol. The van der Waals surface area contributed by atoms with Gasteiger partial charge in [-0.25, -0.2) is 13.1 Å². The van der Waals surface area contributed by atoms with Crippen LogP contribution in [0.1, 0.15) is 37.7 Å². The van der Waals surface area contributed by atoms with Gasteiger partial charge in [-0.2, -0.15) is 5.26 Å². The molecule has 1 aliphatic carbocycles. The molecule has 1 aromatic rings. The Morgan fingerprint density at radius 3 is 2.68 bits per heavy atom. The maximum atomic E-state index is 12.4. The van der Waals surface area contributed by atoms with Crippen molar-refractivity contribution in [2.75, 3.05) is 19.6 Å². The summed E-state index contributed by atoms with van der Waals surface area (Å²) in [6, 6.07) is 7.86. The lowest BCUT2D eigenvalue weighted by Crippen LogP contribution is -2.48. The smallest absolute Gasteiger partial charge is 0.242 e. The molecule has 6 nitrogen and oxygen atoms in total. The van der Waals surface area contributed by atoms with E-state index < -0.39 is 10.0 Å². The third-order valence-corrected chi connectivity index (χ3v) is 6.81. The van der Waals surface area contributed by atoms with Crippen molar-refractivity contribution in [1.82, 2.24) is 9.62 Å². The molecule has 1 saturated carbocycles. The van der Waals surface area contributed by atoms with Crippen LogP contribution in [-0.2, 0) is 14.8 Å². The molecule has 2 fully saturated rings. The predicted molar refractivity (Wildman–Crippen MR) is 93.0 cm³/mol. The van der Waals surface area contributed by atoms with E-state index in [1.807, 2.05) is 6.07 Å². The van der Waals surface area contributed by atoms with E-state index in [0.29, 0.717) is 12.5 Å². The predicted octanol–water partition coefficient (Wildman–Crippen LogP) is 1.88. The molecule has 3 rings (SSSR count). The molecule has 0 bridgehead atoms. The minimum absolute atomic E-state index is 0.0745. The first-order valence-electron chi connectivity index (χ1n) is 8.78. The summed E-state index contributed by atoms with van der Waals surface area (Å²) in [6.45, 7) is 1.18. The van der Waals surface area contributed by atoms with Crippen molar-refractivity contribution < 1.29 is 13.2 Å². The van der Waals surface area contributed by atoms with Gasteiger partial charge in [-0.3, -0.25) is 4.79 Å². The molecular formula is C18H23N3O3S. The van der Waals surface area contributed by atoms with Gasteiger partial charge in [0.25, 0.3) is 0 Å². The molecule has 0 spiro atoms. The first-order chi connectivity index (χ1) is 12.0. The van der Waals surface area contributed by atoms with Gasteiger partial charge in [0, 0.05) is 13.1 Å². The zero-order valence-electron chi connectivity index (χ0n) is 14.1. The molecule has 7 heteroatoms. The highest BCUT2D eigenvalue weighted by Crippen LogP contribution is 2.35. The Kier molecular flexibility index (Phi) is 5.40. The van der Waals surface area contributed by atoms with Crippen LogP contribution in [0.25, 0.3) is 0 Å². The molecule has 25 heavy (non-hydrogen) atoms. The molecule has 1 aliphatic heterocycles. The Balaban J connectivity index is 1.61. The fraction of sp³-hybridized carbons (Fsp3) is 0.556. The first-order valence-corrected chi connectivity index (χ1v) is 10.3. The lowest BCUT2D eigenvalue weighted by molar-refractivity contribution is -0.133. The highest BCUT2D eigenvalue weighted by molar-refractivity contribution is 7.89. The molecule has 1 heterocycles. The van der Waals surface area contributed by atoms with Crippen LogP contribution in [0, 0.1) is 23.2 Å². The zero-order valence-corrected chi connectivity index (χ0v) is 15.0. The highest BCUT2D eigenvalue weighted by Gasteiger charge is 2.33. The second-order valence-corrected chi connectivity index (χ2v) is 8.60. The van der Waals surface area contributed by atoms with E-state index in [2.05, 4.69) is 4.72 Å². The van der Waals surface area contributed by atoms with E-state index in [4.69, 9.17) is 5.26 Å². The summed E-state index contributed by atoms with van der Waals surface area (Å²) in [7, 11) is -3.88. The number of nitriles is 1. The fourth-order valence-electron chi connectivity index (χ4n) is 3.97. The molecule has 0 aromatic heterocycles. The number of hydrogen-bond acceptors (Lipinski definition) is 4. The topological polar surface area (TPSA) is 90.3 Å². The van der Waals surface area contributed by atoms with Crippen molar-refractivity contribution in [2.24, 2.45) is 11.8 Å². The maximum Gasteiger partial charge on any atom is 0.242 e. The standard InChI is InChI=1S/C18H23N3O3S/c19-11-15-6-3-4-8-17(15)25(23,24)20-12-18(22)21-10-9-14-5-1-2-7-16(14)13-21/h3-4,6,8,14,16,20H,1-2,5,7,9-10,12-13H2/t14-,16+/m1/s1. The summed E-state index contributed by atoms with van der Waals surface area (Å²) in [5.74, 6) is 1.08. The van der Waals surface area contributed by atoms with Crippen molar-refractivity contribution in [1.29, 1.82) is 5.26 Å². The molecular weight excluding hydrogens is 338 g/mol. The van der Waals surface area contributed by atoms with Crippen LogP contribution < -0.4 is 4.72 Å². The third kappa shape index (κ3) is 4.02. The van der Waals surface area contributed by atoms with E-state index in [1.165, 1.54) is 31.4 Å². The van der Waals surface area contributed by atoms with Gasteiger partial charge in [-0.05, 0) is 36.8 Å². The number of benzene rings is 1. The van der Waals surface area contributed by atoms with Crippen molar-refractivity contribution in [2.45, 2.75) is 37.0 Å². The number of nitrogens with one attached hydrogen (secondary N) is 1. The van der Waals surface area contributed by atoms with Gasteiger partial charge >= 0.3 is 0 Å². The molecule has 1 saturated heterocycles. The fourth-order valence-corrected chi connectivity index (χ4v) is 5.10. The number of nitrogens with zero attached hydrogens (tertiary/aromatic N) is 2. The summed E-state index contributed by atoms with van der Waals surface area (Å²) >= 11 is 0. The Labute approximate surface area is 148 Å². The molecule has 1 aromatic carbocycles. The van der Waals surface area contributed by atoms with Crippen LogP contribution in [0.2, 0.25) is 0 Å². The van der Waals surface area contributed by atoms with Gasteiger partial charge in [-0.1, -0.05) is 31.4 Å². The molecule has 1 N–H and O–H groups in total. The van der Waals surface area contributed by atoms with Gasteiger partial charge in [-0.15, -0.1) is 0 Å². The van der Waals surface area contributed by atoms with Gasteiger partial charge < -0.3 is 4.90 Å². The number of fused-ring (bicyclic) bond motifs is 1. The van der Waals surface area contributed by atoms with E-state index in [9.17, 15) is 13.2 Å². The number of hydrogen-bond donors (Lipinski definition) is 1. The molecule has 0 unspecified atom stereocenters. The van der Waals surface area contributed by atoms with E-state index in [-0.39, 0.29) is 22.9 Å². The highest BCUT2D eigenvalue weighted by atomic mass is 32.2. The van der Waals surface area contributed by atoms with Gasteiger partial charge in [0.2, 0.25) is 15.9 Å². The van der Waals surface area contributed by atoms with Crippen LogP contribution in [0.3, 0.4) is 0 Å². The van der Waals surface area contributed by atoms with Gasteiger partial charge in [0.1, 0.15) is 6.07 Å². The Bertz CT molecular complexity index is 785. The van der Waals surface area contributed by atoms with Gasteiger partial charge in [0.15, 0.2) is 0 Å². The Morgan fingerprint density at radius 2 is 1.92 bits per heavy atom. The second kappa shape index (κ2) is 7.54. The quantitative estimate of drug-likeness (QED) is 0.886. The molecule has 2 atom stereocenters. The average molecular weight is 361 g/mol. The summed E-state index contributed by atoms with van der Waals surface area (Å²) in [6.07, 6.45) is 5.94. The molecule has 2 aliphatic rings. The lowest BCUT2D eigenvalue weighted by Gasteiger charge is -2.41. The van der Waals surface area contributed by atoms with Crippen LogP contribution in [0.15, 0.2) is 29.2 Å². The maximum absolute atomic E-state index is 12.4. The van der Waals surface area contributed by atoms with Crippen LogP contribution in [0.4, 0.5) is 0 Å². The van der Waals surface area contributed by atoms with Crippen molar-refractivity contribution in [3.05, 3.63) is 29.8 Å². The first kappa shape index (κ1) is 17.9. The normalized spacial score (nSPS) is 23.6. The number of carbonyl (C=O) groups is 1. The van der Waals surface area contributed by atoms with Crippen LogP contribution in [-0.4, -0.2) is 38.9 Å².